The Labute approximate surface area is 198 Å². The molecule has 7 heteroatoms. The molecule has 0 bridgehead atoms. The molecule has 0 saturated carbocycles. The Morgan fingerprint density at radius 3 is 2.59 bits per heavy atom. The van der Waals surface area contributed by atoms with E-state index < -0.39 is 6.10 Å². The summed E-state index contributed by atoms with van der Waals surface area (Å²) >= 11 is 0. The maximum atomic E-state index is 13.3. The zero-order valence-electron chi connectivity index (χ0n) is 19.7. The summed E-state index contributed by atoms with van der Waals surface area (Å²) in [4.78, 5) is 12.2. The average Bonchev–Trinajstić information content (AvgIpc) is 3.23. The van der Waals surface area contributed by atoms with Crippen molar-refractivity contribution in [1.29, 1.82) is 0 Å². The number of amides is 1. The second-order valence-electron chi connectivity index (χ2n) is 8.44. The number of benzene rings is 3. The molecule has 0 spiro atoms. The van der Waals surface area contributed by atoms with Crippen LogP contribution in [0.2, 0.25) is 0 Å². The van der Waals surface area contributed by atoms with Gasteiger partial charge >= 0.3 is 0 Å². The van der Waals surface area contributed by atoms with Crippen LogP contribution in [0.4, 0.5) is 4.39 Å². The van der Waals surface area contributed by atoms with Gasteiger partial charge in [0, 0.05) is 12.5 Å². The van der Waals surface area contributed by atoms with Crippen LogP contribution in [0.3, 0.4) is 0 Å². The third kappa shape index (κ3) is 5.10. The summed E-state index contributed by atoms with van der Waals surface area (Å²) in [6.45, 7) is 5.97. The van der Waals surface area contributed by atoms with Crippen molar-refractivity contribution in [2.24, 2.45) is 0 Å². The maximum absolute atomic E-state index is 13.3. The van der Waals surface area contributed by atoms with Crippen molar-refractivity contribution >= 4 is 16.8 Å². The van der Waals surface area contributed by atoms with Gasteiger partial charge in [0.15, 0.2) is 0 Å². The van der Waals surface area contributed by atoms with Crippen LogP contribution in [0.5, 0.6) is 5.75 Å². The lowest BCUT2D eigenvalue weighted by molar-refractivity contribution is -0.126. The molecule has 0 aliphatic heterocycles. The molecule has 34 heavy (non-hydrogen) atoms. The van der Waals surface area contributed by atoms with Crippen molar-refractivity contribution < 1.29 is 18.7 Å². The fraction of sp³-hybridized carbons (Fsp3) is 0.259. The summed E-state index contributed by atoms with van der Waals surface area (Å²) in [5, 5.41) is 8.33. The topological polar surface area (TPSA) is 65.4 Å². The lowest BCUT2D eigenvalue weighted by Gasteiger charge is -2.28. The molecule has 0 aliphatic carbocycles. The van der Waals surface area contributed by atoms with Gasteiger partial charge in [-0.3, -0.25) is 4.79 Å². The summed E-state index contributed by atoms with van der Waals surface area (Å²) in [5.74, 6) is 0.162. The summed E-state index contributed by atoms with van der Waals surface area (Å²) in [7, 11) is 1.49. The predicted molar refractivity (Wildman–Crippen MR) is 130 cm³/mol. The number of aromatic nitrogens is 2. The molecular formula is C27H28FN3O3. The molecule has 6 nitrogen and oxygen atoms in total. The molecule has 176 valence electrons. The van der Waals surface area contributed by atoms with Crippen LogP contribution in [0, 0.1) is 19.7 Å². The van der Waals surface area contributed by atoms with E-state index in [1.165, 1.54) is 19.2 Å². The van der Waals surface area contributed by atoms with Gasteiger partial charge < -0.3 is 14.8 Å². The van der Waals surface area contributed by atoms with Crippen LogP contribution >= 0.6 is 0 Å². The molecule has 0 aliphatic rings. The Hall–Kier alpha value is -3.71. The van der Waals surface area contributed by atoms with E-state index in [4.69, 9.17) is 9.47 Å². The Morgan fingerprint density at radius 1 is 1.09 bits per heavy atom. The van der Waals surface area contributed by atoms with Crippen molar-refractivity contribution in [3.05, 3.63) is 89.4 Å². The summed E-state index contributed by atoms with van der Waals surface area (Å²) in [6, 6.07) is 17.8. The Bertz CT molecular complexity index is 1300. The fourth-order valence-corrected chi connectivity index (χ4v) is 4.02. The highest BCUT2D eigenvalue weighted by molar-refractivity contribution is 5.82. The van der Waals surface area contributed by atoms with Gasteiger partial charge in [0.2, 0.25) is 5.91 Å². The SMILES string of the molecule is COCC(=O)N[C@@H](C)[C@H](Oc1ccc2c(cnn2-c2ccc(F)cc2)c1)c1cc(C)ccc1C. The number of halogens is 1. The van der Waals surface area contributed by atoms with Crippen molar-refractivity contribution in [2.45, 2.75) is 32.9 Å². The number of rotatable bonds is 8. The van der Waals surface area contributed by atoms with Gasteiger partial charge in [0.05, 0.1) is 23.4 Å². The number of aryl methyl sites for hydroxylation is 2. The van der Waals surface area contributed by atoms with Gasteiger partial charge in [-0.2, -0.15) is 5.10 Å². The third-order valence-corrected chi connectivity index (χ3v) is 5.73. The number of hydrogen-bond donors (Lipinski definition) is 1. The lowest BCUT2D eigenvalue weighted by Crippen LogP contribution is -2.41. The lowest BCUT2D eigenvalue weighted by atomic mass is 9.96. The first-order valence-electron chi connectivity index (χ1n) is 11.1. The van der Waals surface area contributed by atoms with Crippen LogP contribution in [0.15, 0.2) is 66.9 Å². The Morgan fingerprint density at radius 2 is 1.85 bits per heavy atom. The standard InChI is InChI=1S/C27H28FN3O3/c1-17-5-6-18(2)24(13-17)27(19(3)30-26(32)16-33-4)34-23-11-12-25-20(14-23)15-29-31(25)22-9-7-21(28)8-10-22/h5-15,19,27H,16H2,1-4H3,(H,30,32)/t19-,27-/m0/s1. The predicted octanol–water partition coefficient (Wildman–Crippen LogP) is 5.05. The number of carbonyl (C=O) groups excluding carboxylic acids is 1. The molecule has 0 radical (unpaired) electrons. The van der Waals surface area contributed by atoms with Gasteiger partial charge in [0.25, 0.3) is 0 Å². The minimum Gasteiger partial charge on any atom is -0.484 e. The first kappa shape index (κ1) is 23.4. The van der Waals surface area contributed by atoms with E-state index in [0.717, 1.165) is 33.3 Å². The zero-order valence-corrected chi connectivity index (χ0v) is 19.7. The van der Waals surface area contributed by atoms with Crippen LogP contribution < -0.4 is 10.1 Å². The van der Waals surface area contributed by atoms with Crippen LogP contribution in [0.25, 0.3) is 16.6 Å². The first-order valence-corrected chi connectivity index (χ1v) is 11.1. The monoisotopic (exact) mass is 461 g/mol. The van der Waals surface area contributed by atoms with Crippen LogP contribution in [0.1, 0.15) is 29.7 Å². The maximum Gasteiger partial charge on any atom is 0.246 e. The second kappa shape index (κ2) is 10.1. The summed E-state index contributed by atoms with van der Waals surface area (Å²) in [6.07, 6.45) is 1.34. The molecule has 2 atom stereocenters. The van der Waals surface area contributed by atoms with Crippen molar-refractivity contribution in [2.75, 3.05) is 13.7 Å². The van der Waals surface area contributed by atoms with E-state index in [2.05, 4.69) is 28.6 Å². The van der Waals surface area contributed by atoms with Crippen molar-refractivity contribution in [1.82, 2.24) is 15.1 Å². The average molecular weight is 462 g/mol. The van der Waals surface area contributed by atoms with Gasteiger partial charge in [0.1, 0.15) is 24.3 Å². The van der Waals surface area contributed by atoms with E-state index in [0.29, 0.717) is 5.75 Å². The van der Waals surface area contributed by atoms with Crippen LogP contribution in [-0.4, -0.2) is 35.4 Å². The largest absolute Gasteiger partial charge is 0.484 e. The molecule has 0 saturated heterocycles. The van der Waals surface area contributed by atoms with Gasteiger partial charge in [-0.05, 0) is 74.4 Å². The zero-order chi connectivity index (χ0) is 24.2. The minimum absolute atomic E-state index is 0.0155. The number of ether oxygens (including phenoxy) is 2. The van der Waals surface area contributed by atoms with E-state index in [1.807, 2.05) is 39.0 Å². The highest BCUT2D eigenvalue weighted by Gasteiger charge is 2.25. The van der Waals surface area contributed by atoms with Crippen molar-refractivity contribution in [3.8, 4) is 11.4 Å². The minimum atomic E-state index is -0.412. The number of nitrogens with one attached hydrogen (secondary N) is 1. The molecule has 1 aromatic heterocycles. The number of methoxy groups -OCH3 is 1. The molecular weight excluding hydrogens is 433 g/mol. The highest BCUT2D eigenvalue weighted by Crippen LogP contribution is 2.31. The molecule has 1 N–H and O–H groups in total. The first-order chi connectivity index (χ1) is 16.4. The number of fused-ring (bicyclic) bond motifs is 1. The Balaban J connectivity index is 1.66. The molecule has 0 fully saturated rings. The van der Waals surface area contributed by atoms with Gasteiger partial charge in [-0.1, -0.05) is 23.8 Å². The van der Waals surface area contributed by atoms with E-state index in [-0.39, 0.29) is 24.4 Å². The normalized spacial score (nSPS) is 13.0. The van der Waals surface area contributed by atoms with E-state index >= 15 is 0 Å². The quantitative estimate of drug-likeness (QED) is 0.399. The number of nitrogens with zero attached hydrogens (tertiary/aromatic N) is 2. The van der Waals surface area contributed by atoms with Crippen LogP contribution in [-0.2, 0) is 9.53 Å². The summed E-state index contributed by atoms with van der Waals surface area (Å²) in [5.41, 5.74) is 4.85. The molecule has 4 aromatic rings. The molecule has 1 amide bonds. The molecule has 4 rings (SSSR count). The number of carbonyl (C=O) groups is 1. The second-order valence-corrected chi connectivity index (χ2v) is 8.44. The molecule has 3 aromatic carbocycles. The van der Waals surface area contributed by atoms with Gasteiger partial charge in [-0.25, -0.2) is 9.07 Å². The fourth-order valence-electron chi connectivity index (χ4n) is 4.02. The smallest absolute Gasteiger partial charge is 0.246 e. The van der Waals surface area contributed by atoms with E-state index in [1.54, 1.807) is 23.0 Å². The van der Waals surface area contributed by atoms with Crippen molar-refractivity contribution in [3.63, 3.8) is 0 Å². The van der Waals surface area contributed by atoms with Gasteiger partial charge in [-0.15, -0.1) is 0 Å². The summed E-state index contributed by atoms with van der Waals surface area (Å²) < 4.78 is 26.5. The molecule has 0 unspecified atom stereocenters. The highest BCUT2D eigenvalue weighted by atomic mass is 19.1. The third-order valence-electron chi connectivity index (χ3n) is 5.73. The van der Waals surface area contributed by atoms with E-state index in [9.17, 15) is 9.18 Å². The number of hydrogen-bond acceptors (Lipinski definition) is 4. The Kier molecular flexibility index (Phi) is 6.93. The molecule has 1 heterocycles.